The predicted octanol–water partition coefficient (Wildman–Crippen LogP) is 5.54. The third kappa shape index (κ3) is 3.53. The first-order chi connectivity index (χ1) is 15.4. The average Bonchev–Trinajstić information content (AvgIpc) is 3.04. The molecule has 7 heteroatoms. The minimum absolute atomic E-state index is 0.00601. The summed E-state index contributed by atoms with van der Waals surface area (Å²) in [6, 6.07) is 13.5. The van der Waals surface area contributed by atoms with Gasteiger partial charge in [-0.3, -0.25) is 9.78 Å². The van der Waals surface area contributed by atoms with E-state index in [0.717, 1.165) is 16.8 Å². The molecule has 2 heterocycles. The van der Waals surface area contributed by atoms with Gasteiger partial charge in [0, 0.05) is 28.2 Å². The van der Waals surface area contributed by atoms with Gasteiger partial charge in [0.2, 0.25) is 0 Å². The molecule has 1 saturated carbocycles. The van der Waals surface area contributed by atoms with Gasteiger partial charge < -0.3 is 4.74 Å². The van der Waals surface area contributed by atoms with Crippen LogP contribution < -0.4 is 0 Å². The lowest BCUT2D eigenvalue weighted by Crippen LogP contribution is -2.51. The van der Waals surface area contributed by atoms with Crippen LogP contribution in [0.2, 0.25) is 0 Å². The van der Waals surface area contributed by atoms with Crippen LogP contribution in [-0.4, -0.2) is 22.6 Å². The Kier molecular flexibility index (Phi) is 5.73. The Morgan fingerprint density at radius 1 is 1.28 bits per heavy atom. The number of fused-ring (bicyclic) bond motifs is 1. The van der Waals surface area contributed by atoms with Crippen LogP contribution in [0.1, 0.15) is 38.4 Å². The molecule has 0 radical (unpaired) electrons. The summed E-state index contributed by atoms with van der Waals surface area (Å²) in [5, 5.41) is 13.3. The van der Waals surface area contributed by atoms with E-state index in [2.05, 4.69) is 41.0 Å². The molecule has 2 aliphatic rings. The fourth-order valence-electron chi connectivity index (χ4n) is 5.33. The highest BCUT2D eigenvalue weighted by atomic mass is 16.6. The molecule has 1 saturated heterocycles. The molecular formula is C25H25N5O2. The number of nitriles is 1. The maximum absolute atomic E-state index is 12.7. The van der Waals surface area contributed by atoms with Gasteiger partial charge >= 0.3 is 5.97 Å². The summed E-state index contributed by atoms with van der Waals surface area (Å²) in [5.41, 5.74) is 11.1. The van der Waals surface area contributed by atoms with E-state index in [1.54, 1.807) is 12.3 Å². The molecule has 2 fully saturated rings. The minimum Gasteiger partial charge on any atom is -0.462 e. The minimum atomic E-state index is -1.15. The predicted molar refractivity (Wildman–Crippen MR) is 121 cm³/mol. The Bertz CT molecular complexity index is 1150. The average molecular weight is 428 g/mol. The van der Waals surface area contributed by atoms with Gasteiger partial charge in [-0.2, -0.15) is 5.26 Å². The molecular weight excluding hydrogens is 402 g/mol. The molecule has 2 aromatic rings. The van der Waals surface area contributed by atoms with Crippen molar-refractivity contribution in [1.29, 1.82) is 5.26 Å². The van der Waals surface area contributed by atoms with Crippen molar-refractivity contribution in [1.82, 2.24) is 4.98 Å². The second-order valence-corrected chi connectivity index (χ2v) is 8.86. The van der Waals surface area contributed by atoms with Gasteiger partial charge in [-0.1, -0.05) is 49.3 Å². The number of azide groups is 1. The van der Waals surface area contributed by atoms with Crippen LogP contribution in [0.3, 0.4) is 0 Å². The zero-order valence-electron chi connectivity index (χ0n) is 18.3. The zero-order chi connectivity index (χ0) is 22.9. The molecule has 4 rings (SSSR count). The van der Waals surface area contributed by atoms with Crippen LogP contribution >= 0.6 is 0 Å². The number of carbonyl (C=O) groups is 1. The molecule has 0 spiro atoms. The Labute approximate surface area is 187 Å². The maximum atomic E-state index is 12.7. The number of hydrogen-bond donors (Lipinski definition) is 0. The van der Waals surface area contributed by atoms with E-state index >= 15 is 0 Å². The molecule has 0 bridgehead atoms. The van der Waals surface area contributed by atoms with Crippen LogP contribution in [0.15, 0.2) is 53.8 Å². The number of ether oxygens (including phenoxy) is 1. The summed E-state index contributed by atoms with van der Waals surface area (Å²) in [6.07, 6.45) is 5.97. The highest BCUT2D eigenvalue weighted by molar-refractivity contribution is 5.84. The molecule has 32 heavy (non-hydrogen) atoms. The molecule has 1 aliphatic heterocycles. The molecule has 1 aromatic heterocycles. The fraction of sp³-hybridized carbons (Fsp3) is 0.400. The fourth-order valence-corrected chi connectivity index (χ4v) is 5.33. The first-order valence-electron chi connectivity index (χ1n) is 10.8. The highest BCUT2D eigenvalue weighted by Crippen LogP contribution is 2.53. The van der Waals surface area contributed by atoms with E-state index in [4.69, 9.17) is 4.74 Å². The van der Waals surface area contributed by atoms with Crippen molar-refractivity contribution >= 4 is 12.0 Å². The molecule has 0 N–H and O–H groups in total. The summed E-state index contributed by atoms with van der Waals surface area (Å²) in [6.45, 7) is 6.14. The number of benzene rings is 1. The Hall–Kier alpha value is -3.62. The lowest BCUT2D eigenvalue weighted by Gasteiger charge is -2.45. The summed E-state index contributed by atoms with van der Waals surface area (Å²) >= 11 is 0. The number of pyridine rings is 1. The van der Waals surface area contributed by atoms with Gasteiger partial charge in [-0.05, 0) is 54.8 Å². The summed E-state index contributed by atoms with van der Waals surface area (Å²) in [7, 11) is 0. The first-order valence-corrected chi connectivity index (χ1v) is 10.8. The monoisotopic (exact) mass is 427 g/mol. The van der Waals surface area contributed by atoms with Crippen LogP contribution in [0.5, 0.6) is 0 Å². The topological polar surface area (TPSA) is 112 Å². The van der Waals surface area contributed by atoms with Gasteiger partial charge in [0.15, 0.2) is 5.54 Å². The van der Waals surface area contributed by atoms with Crippen LogP contribution in [0.25, 0.3) is 27.6 Å². The highest BCUT2D eigenvalue weighted by Gasteiger charge is 2.62. The maximum Gasteiger partial charge on any atom is 0.318 e. The number of cyclic esters (lactones) is 1. The number of aromatic nitrogens is 1. The number of rotatable bonds is 4. The molecule has 162 valence electrons. The summed E-state index contributed by atoms with van der Waals surface area (Å²) in [4.78, 5) is 20.2. The molecule has 1 unspecified atom stereocenters. The van der Waals surface area contributed by atoms with Crippen LogP contribution in [-0.2, 0) is 9.53 Å². The number of nitrogens with zero attached hydrogens (tertiary/aromatic N) is 5. The smallest absolute Gasteiger partial charge is 0.318 e. The van der Waals surface area contributed by atoms with E-state index in [-0.39, 0.29) is 29.8 Å². The standard InChI is InChI=1S/C25H25N5O2/c1-15-12-25(29-30-27)23(17(3)32-24(25)31)21(16(15)2)11-10-20-9-8-19(14-28-20)22-7-5-4-6-18(22)13-26/h4-11,14-17,21,23H,12H2,1-3H3/b11-10+/t15-,16+,17+,21?,23-,25-/m0/s1. The Balaban J connectivity index is 1.64. The van der Waals surface area contributed by atoms with Crippen molar-refractivity contribution in [2.75, 3.05) is 0 Å². The van der Waals surface area contributed by atoms with Crippen molar-refractivity contribution < 1.29 is 9.53 Å². The van der Waals surface area contributed by atoms with Crippen molar-refractivity contribution in [3.8, 4) is 17.2 Å². The number of allylic oxidation sites excluding steroid dienone is 1. The summed E-state index contributed by atoms with van der Waals surface area (Å²) < 4.78 is 5.55. The Morgan fingerprint density at radius 2 is 2.06 bits per heavy atom. The van der Waals surface area contributed by atoms with E-state index in [1.807, 2.05) is 43.3 Å². The lowest BCUT2D eigenvalue weighted by atomic mass is 9.59. The van der Waals surface area contributed by atoms with Crippen molar-refractivity contribution in [2.24, 2.45) is 28.8 Å². The van der Waals surface area contributed by atoms with Crippen molar-refractivity contribution in [2.45, 2.75) is 38.8 Å². The number of esters is 1. The van der Waals surface area contributed by atoms with Gasteiger partial charge in [-0.15, -0.1) is 0 Å². The molecule has 0 amide bonds. The molecule has 7 nitrogen and oxygen atoms in total. The zero-order valence-corrected chi connectivity index (χ0v) is 18.3. The second kappa shape index (κ2) is 8.49. The van der Waals surface area contributed by atoms with E-state index in [1.165, 1.54) is 0 Å². The lowest BCUT2D eigenvalue weighted by molar-refractivity contribution is -0.145. The largest absolute Gasteiger partial charge is 0.462 e. The molecule has 1 aliphatic carbocycles. The van der Waals surface area contributed by atoms with E-state index < -0.39 is 11.5 Å². The first kappa shape index (κ1) is 21.6. The van der Waals surface area contributed by atoms with Crippen LogP contribution in [0.4, 0.5) is 0 Å². The second-order valence-electron chi connectivity index (χ2n) is 8.86. The third-order valence-electron chi connectivity index (χ3n) is 7.11. The van der Waals surface area contributed by atoms with Gasteiger partial charge in [0.1, 0.15) is 6.10 Å². The SMILES string of the molecule is C[C@H]1C[C@@]2(N=[N+]=[N-])C(=O)O[C@H](C)[C@H]2C(/C=C/c2ccc(-c3ccccc3C#N)cn2)[C@@H]1C. The van der Waals surface area contributed by atoms with E-state index in [9.17, 15) is 15.6 Å². The summed E-state index contributed by atoms with van der Waals surface area (Å²) in [5.74, 6) is -0.135. The van der Waals surface area contributed by atoms with Gasteiger partial charge in [0.05, 0.1) is 17.3 Å². The van der Waals surface area contributed by atoms with Gasteiger partial charge in [0.25, 0.3) is 0 Å². The van der Waals surface area contributed by atoms with Gasteiger partial charge in [-0.25, -0.2) is 0 Å². The molecule has 1 aromatic carbocycles. The third-order valence-corrected chi connectivity index (χ3v) is 7.11. The van der Waals surface area contributed by atoms with Crippen molar-refractivity contribution in [3.05, 3.63) is 70.4 Å². The normalized spacial score (nSPS) is 31.4. The number of carbonyl (C=O) groups excluding carboxylic acids is 1. The van der Waals surface area contributed by atoms with Crippen molar-refractivity contribution in [3.63, 3.8) is 0 Å². The van der Waals surface area contributed by atoms with Crippen LogP contribution in [0, 0.1) is 35.0 Å². The Morgan fingerprint density at radius 3 is 2.75 bits per heavy atom. The quantitative estimate of drug-likeness (QED) is 0.276. The molecule has 6 atom stereocenters. The number of hydrogen-bond acceptors (Lipinski definition) is 5. The van der Waals surface area contributed by atoms with E-state index in [0.29, 0.717) is 12.0 Å².